The van der Waals surface area contributed by atoms with Gasteiger partial charge in [0.05, 0.1) is 5.56 Å². The van der Waals surface area contributed by atoms with E-state index in [1.54, 1.807) is 19.1 Å². The van der Waals surface area contributed by atoms with Crippen LogP contribution >= 0.6 is 0 Å². The van der Waals surface area contributed by atoms with Gasteiger partial charge in [-0.05, 0) is 25.1 Å². The Labute approximate surface area is 158 Å². The predicted octanol–water partition coefficient (Wildman–Crippen LogP) is 2.02. The first-order valence-corrected chi connectivity index (χ1v) is 8.26. The van der Waals surface area contributed by atoms with Crippen LogP contribution in [-0.2, 0) is 22.3 Å². The van der Waals surface area contributed by atoms with Gasteiger partial charge in [-0.3, -0.25) is 14.4 Å². The molecule has 0 aliphatic carbocycles. The molecule has 2 aromatic rings. The Hall–Kier alpha value is -3.30. The number of benzene rings is 1. The number of ether oxygens (including phenoxy) is 1. The summed E-state index contributed by atoms with van der Waals surface area (Å²) in [5, 5.41) is 5.03. The fourth-order valence-electron chi connectivity index (χ4n) is 2.24. The van der Waals surface area contributed by atoms with Crippen LogP contribution < -0.4 is 20.9 Å². The zero-order chi connectivity index (χ0) is 20.7. The number of hydrogen-bond acceptors (Lipinski definition) is 4. The fraction of sp³-hybridized carbons (Fsp3) is 0.278. The van der Waals surface area contributed by atoms with E-state index in [4.69, 9.17) is 4.74 Å². The minimum absolute atomic E-state index is 0.204. The van der Waals surface area contributed by atoms with Crippen molar-refractivity contribution in [2.24, 2.45) is 0 Å². The van der Waals surface area contributed by atoms with Gasteiger partial charge >= 0.3 is 6.18 Å². The summed E-state index contributed by atoms with van der Waals surface area (Å²) >= 11 is 0. The van der Waals surface area contributed by atoms with Crippen molar-refractivity contribution in [1.29, 1.82) is 0 Å². The van der Waals surface area contributed by atoms with Crippen LogP contribution in [0.2, 0.25) is 0 Å². The van der Waals surface area contributed by atoms with Crippen LogP contribution in [-0.4, -0.2) is 29.5 Å². The molecule has 150 valence electrons. The number of carbonyl (C=O) groups is 2. The molecule has 1 heterocycles. The molecule has 0 bridgehead atoms. The molecular formula is C18H18F3N3O4. The second kappa shape index (κ2) is 9.07. The number of nitrogens with zero attached hydrogens (tertiary/aromatic N) is 1. The Bertz CT molecular complexity index is 909. The topological polar surface area (TPSA) is 89.4 Å². The van der Waals surface area contributed by atoms with Crippen LogP contribution in [0.15, 0.2) is 47.4 Å². The van der Waals surface area contributed by atoms with Gasteiger partial charge in [0.1, 0.15) is 12.3 Å². The highest BCUT2D eigenvalue weighted by Crippen LogP contribution is 2.28. The van der Waals surface area contributed by atoms with Crippen molar-refractivity contribution in [3.8, 4) is 5.75 Å². The first kappa shape index (κ1) is 21.0. The van der Waals surface area contributed by atoms with Gasteiger partial charge < -0.3 is 19.9 Å². The van der Waals surface area contributed by atoms with E-state index in [9.17, 15) is 27.6 Å². The number of aromatic nitrogens is 1. The molecular weight excluding hydrogens is 379 g/mol. The highest BCUT2D eigenvalue weighted by atomic mass is 19.4. The van der Waals surface area contributed by atoms with E-state index in [0.29, 0.717) is 34.8 Å². The third-order valence-electron chi connectivity index (χ3n) is 3.49. The van der Waals surface area contributed by atoms with Gasteiger partial charge in [0, 0.05) is 30.6 Å². The average Bonchev–Trinajstić information content (AvgIpc) is 2.61. The van der Waals surface area contributed by atoms with E-state index in [1.807, 2.05) is 0 Å². The zero-order valence-electron chi connectivity index (χ0n) is 14.9. The van der Waals surface area contributed by atoms with Gasteiger partial charge in [-0.15, -0.1) is 0 Å². The van der Waals surface area contributed by atoms with E-state index in [-0.39, 0.29) is 12.5 Å². The number of halogens is 3. The predicted molar refractivity (Wildman–Crippen MR) is 95.0 cm³/mol. The van der Waals surface area contributed by atoms with Crippen molar-refractivity contribution in [2.75, 3.05) is 18.5 Å². The quantitative estimate of drug-likeness (QED) is 0.748. The number of rotatable bonds is 7. The maximum Gasteiger partial charge on any atom is 0.417 e. The third kappa shape index (κ3) is 6.15. The van der Waals surface area contributed by atoms with E-state index in [0.717, 1.165) is 6.07 Å². The summed E-state index contributed by atoms with van der Waals surface area (Å²) in [6.45, 7) is 1.44. The molecule has 1 aromatic heterocycles. The number of alkyl halides is 3. The molecule has 10 heteroatoms. The highest BCUT2D eigenvalue weighted by Gasteiger charge is 2.31. The van der Waals surface area contributed by atoms with Crippen LogP contribution in [0, 0.1) is 0 Å². The van der Waals surface area contributed by atoms with Gasteiger partial charge in [0.25, 0.3) is 11.5 Å². The Morgan fingerprint density at radius 1 is 1.14 bits per heavy atom. The van der Waals surface area contributed by atoms with Crippen molar-refractivity contribution in [1.82, 2.24) is 9.88 Å². The summed E-state index contributed by atoms with van der Waals surface area (Å²) in [6.07, 6.45) is -4.03. The van der Waals surface area contributed by atoms with Crippen molar-refractivity contribution in [3.05, 3.63) is 58.5 Å². The minimum atomic E-state index is -4.62. The Morgan fingerprint density at radius 3 is 2.57 bits per heavy atom. The molecule has 0 atom stereocenters. The molecule has 2 amide bonds. The maximum atomic E-state index is 12.7. The highest BCUT2D eigenvalue weighted by molar-refractivity contribution is 5.90. The summed E-state index contributed by atoms with van der Waals surface area (Å²) in [7, 11) is 0. The summed E-state index contributed by atoms with van der Waals surface area (Å²) in [5.41, 5.74) is -1.46. The second-order valence-electron chi connectivity index (χ2n) is 5.70. The van der Waals surface area contributed by atoms with Gasteiger partial charge in [-0.2, -0.15) is 13.2 Å². The zero-order valence-corrected chi connectivity index (χ0v) is 14.9. The molecule has 7 nitrogen and oxygen atoms in total. The summed E-state index contributed by atoms with van der Waals surface area (Å²) in [6, 6.07) is 7.54. The van der Waals surface area contributed by atoms with Gasteiger partial charge in [0.15, 0.2) is 6.61 Å². The molecule has 0 unspecified atom stereocenters. The van der Waals surface area contributed by atoms with Crippen LogP contribution in [0.25, 0.3) is 0 Å². The lowest BCUT2D eigenvalue weighted by molar-refractivity contribution is -0.138. The molecule has 0 spiro atoms. The lowest BCUT2D eigenvalue weighted by Crippen LogP contribution is -2.28. The Balaban J connectivity index is 2.03. The molecule has 0 aliphatic rings. The van der Waals surface area contributed by atoms with Crippen LogP contribution in [0.4, 0.5) is 18.9 Å². The van der Waals surface area contributed by atoms with E-state index in [1.165, 1.54) is 12.1 Å². The number of amides is 2. The number of carbonyl (C=O) groups excluding carboxylic acids is 2. The number of hydrogen-bond donors (Lipinski definition) is 2. The minimum Gasteiger partial charge on any atom is -0.484 e. The average molecular weight is 397 g/mol. The molecule has 0 radical (unpaired) electrons. The largest absolute Gasteiger partial charge is 0.484 e. The Morgan fingerprint density at radius 2 is 1.89 bits per heavy atom. The molecule has 0 fully saturated rings. The van der Waals surface area contributed by atoms with Crippen LogP contribution in [0.1, 0.15) is 12.5 Å². The van der Waals surface area contributed by atoms with Crippen molar-refractivity contribution in [3.63, 3.8) is 0 Å². The van der Waals surface area contributed by atoms with Gasteiger partial charge in [0.2, 0.25) is 5.91 Å². The SMILES string of the molecule is CCNC(=O)COc1cccc(NC(=O)Cn2cc(C(F)(F)F)ccc2=O)c1. The summed E-state index contributed by atoms with van der Waals surface area (Å²) < 4.78 is 44.2. The molecule has 2 rings (SSSR count). The van der Waals surface area contributed by atoms with Gasteiger partial charge in [-0.1, -0.05) is 6.07 Å². The second-order valence-corrected chi connectivity index (χ2v) is 5.70. The standard InChI is InChI=1S/C18H18F3N3O4/c1-2-22-16(26)11-28-14-5-3-4-13(8-14)23-15(25)10-24-9-12(18(19,20)21)6-7-17(24)27/h3-9H,2,10-11H2,1H3,(H,22,26)(H,23,25). The maximum absolute atomic E-state index is 12.7. The van der Waals surface area contributed by atoms with Crippen LogP contribution in [0.3, 0.4) is 0 Å². The first-order valence-electron chi connectivity index (χ1n) is 8.26. The molecule has 0 aliphatic heterocycles. The normalized spacial score (nSPS) is 11.0. The van der Waals surface area contributed by atoms with E-state index < -0.39 is 29.8 Å². The van der Waals surface area contributed by atoms with Crippen LogP contribution in [0.5, 0.6) is 5.75 Å². The Kier molecular flexibility index (Phi) is 6.80. The smallest absolute Gasteiger partial charge is 0.417 e. The number of anilines is 1. The van der Waals surface area contributed by atoms with Gasteiger partial charge in [-0.25, -0.2) is 0 Å². The van der Waals surface area contributed by atoms with Crippen molar-refractivity contribution >= 4 is 17.5 Å². The number of pyridine rings is 1. The first-order chi connectivity index (χ1) is 13.2. The lowest BCUT2D eigenvalue weighted by Gasteiger charge is -2.12. The lowest BCUT2D eigenvalue weighted by atomic mass is 10.2. The molecule has 0 saturated carbocycles. The third-order valence-corrected chi connectivity index (χ3v) is 3.49. The molecule has 2 N–H and O–H groups in total. The van der Waals surface area contributed by atoms with Crippen molar-refractivity contribution < 1.29 is 27.5 Å². The molecule has 1 aromatic carbocycles. The molecule has 28 heavy (non-hydrogen) atoms. The number of likely N-dealkylation sites (N-methyl/N-ethyl adjacent to an activating group) is 1. The summed E-state index contributed by atoms with van der Waals surface area (Å²) in [5.74, 6) is -0.677. The number of nitrogens with one attached hydrogen (secondary N) is 2. The van der Waals surface area contributed by atoms with Crippen molar-refractivity contribution in [2.45, 2.75) is 19.6 Å². The monoisotopic (exact) mass is 397 g/mol. The van der Waals surface area contributed by atoms with E-state index >= 15 is 0 Å². The molecule has 0 saturated heterocycles. The summed E-state index contributed by atoms with van der Waals surface area (Å²) in [4.78, 5) is 35.2. The van der Waals surface area contributed by atoms with E-state index in [2.05, 4.69) is 10.6 Å². The fourth-order valence-corrected chi connectivity index (χ4v) is 2.24.